The van der Waals surface area contributed by atoms with Crippen molar-refractivity contribution in [2.24, 2.45) is 0 Å². The number of ether oxygens (including phenoxy) is 2. The maximum absolute atomic E-state index is 12.1. The molecule has 0 aliphatic carbocycles. The monoisotopic (exact) mass is 254 g/mol. The number of halogens is 2. The van der Waals surface area contributed by atoms with Crippen LogP contribution in [0.3, 0.4) is 0 Å². The smallest absolute Gasteiger partial charge is 0.272 e. The van der Waals surface area contributed by atoms with E-state index in [1.165, 1.54) is 7.11 Å². The Morgan fingerprint density at radius 3 is 2.67 bits per heavy atom. The molecule has 0 aliphatic rings. The first-order valence-electron chi connectivity index (χ1n) is 5.33. The minimum Gasteiger partial charge on any atom is -0.493 e. The maximum Gasteiger partial charge on any atom is 0.272 e. The van der Waals surface area contributed by atoms with E-state index in [9.17, 15) is 8.78 Å². The summed E-state index contributed by atoms with van der Waals surface area (Å²) in [5.41, 5.74) is 0.741. The SMILES string of the molecule is COc1ccc(-c2ccco2)cc1OCC(F)F. The Labute approximate surface area is 103 Å². The van der Waals surface area contributed by atoms with Crippen LogP contribution < -0.4 is 9.47 Å². The zero-order valence-corrected chi connectivity index (χ0v) is 9.73. The van der Waals surface area contributed by atoms with Crippen LogP contribution in [0, 0.1) is 0 Å². The average Bonchev–Trinajstić information content (AvgIpc) is 2.89. The molecule has 0 radical (unpaired) electrons. The van der Waals surface area contributed by atoms with Gasteiger partial charge >= 0.3 is 0 Å². The third-order valence-electron chi connectivity index (χ3n) is 2.33. The van der Waals surface area contributed by atoms with E-state index < -0.39 is 13.0 Å². The van der Waals surface area contributed by atoms with Crippen molar-refractivity contribution in [3.63, 3.8) is 0 Å². The van der Waals surface area contributed by atoms with Gasteiger partial charge in [-0.05, 0) is 30.3 Å². The minimum absolute atomic E-state index is 0.270. The predicted molar refractivity (Wildman–Crippen MR) is 62.2 cm³/mol. The highest BCUT2D eigenvalue weighted by molar-refractivity contribution is 5.62. The Morgan fingerprint density at radius 2 is 2.06 bits per heavy atom. The van der Waals surface area contributed by atoms with Crippen molar-refractivity contribution >= 4 is 0 Å². The molecule has 0 saturated heterocycles. The van der Waals surface area contributed by atoms with Gasteiger partial charge in [0, 0.05) is 5.56 Å². The predicted octanol–water partition coefficient (Wildman–Crippen LogP) is 3.60. The van der Waals surface area contributed by atoms with Crippen LogP contribution in [0.1, 0.15) is 0 Å². The second-order valence-electron chi connectivity index (χ2n) is 3.55. The van der Waals surface area contributed by atoms with Crippen molar-refractivity contribution in [2.45, 2.75) is 6.43 Å². The summed E-state index contributed by atoms with van der Waals surface area (Å²) in [6.45, 7) is -0.669. The van der Waals surface area contributed by atoms with E-state index in [0.717, 1.165) is 5.56 Å². The van der Waals surface area contributed by atoms with Crippen LogP contribution in [0.25, 0.3) is 11.3 Å². The molecule has 0 fully saturated rings. The van der Waals surface area contributed by atoms with E-state index in [0.29, 0.717) is 11.5 Å². The molecule has 1 aromatic heterocycles. The van der Waals surface area contributed by atoms with Crippen LogP contribution in [-0.4, -0.2) is 20.1 Å². The summed E-state index contributed by atoms with van der Waals surface area (Å²) in [5, 5.41) is 0. The number of hydrogen-bond donors (Lipinski definition) is 0. The van der Waals surface area contributed by atoms with E-state index in [1.54, 1.807) is 36.6 Å². The lowest BCUT2D eigenvalue weighted by atomic mass is 10.1. The van der Waals surface area contributed by atoms with Gasteiger partial charge in [0.1, 0.15) is 12.4 Å². The maximum atomic E-state index is 12.1. The first kappa shape index (κ1) is 12.4. The topological polar surface area (TPSA) is 31.6 Å². The van der Waals surface area contributed by atoms with Gasteiger partial charge < -0.3 is 13.9 Å². The second-order valence-corrected chi connectivity index (χ2v) is 3.55. The van der Waals surface area contributed by atoms with Gasteiger partial charge in [-0.1, -0.05) is 0 Å². The first-order valence-corrected chi connectivity index (χ1v) is 5.33. The molecular weight excluding hydrogens is 242 g/mol. The fourth-order valence-corrected chi connectivity index (χ4v) is 1.54. The van der Waals surface area contributed by atoms with Gasteiger partial charge in [-0.2, -0.15) is 0 Å². The number of hydrogen-bond acceptors (Lipinski definition) is 3. The van der Waals surface area contributed by atoms with Crippen molar-refractivity contribution in [3.05, 3.63) is 36.6 Å². The minimum atomic E-state index is -2.53. The summed E-state index contributed by atoms with van der Waals surface area (Å²) in [6.07, 6.45) is -0.985. The quantitative estimate of drug-likeness (QED) is 0.817. The van der Waals surface area contributed by atoms with Gasteiger partial charge in [0.05, 0.1) is 13.4 Å². The summed E-state index contributed by atoms with van der Waals surface area (Å²) in [7, 11) is 1.46. The van der Waals surface area contributed by atoms with E-state index in [4.69, 9.17) is 13.9 Å². The molecule has 2 aromatic rings. The van der Waals surface area contributed by atoms with Crippen molar-refractivity contribution in [3.8, 4) is 22.8 Å². The zero-order valence-electron chi connectivity index (χ0n) is 9.73. The van der Waals surface area contributed by atoms with Gasteiger partial charge in [0.25, 0.3) is 6.43 Å². The largest absolute Gasteiger partial charge is 0.493 e. The van der Waals surface area contributed by atoms with Crippen LogP contribution in [0.15, 0.2) is 41.0 Å². The molecule has 1 aromatic carbocycles. The van der Waals surface area contributed by atoms with E-state index >= 15 is 0 Å². The Balaban J connectivity index is 2.27. The van der Waals surface area contributed by atoms with Crippen LogP contribution in [0.2, 0.25) is 0 Å². The number of alkyl halides is 2. The summed E-state index contributed by atoms with van der Waals surface area (Å²) in [6, 6.07) is 8.56. The standard InChI is InChI=1S/C13H12F2O3/c1-16-11-5-4-9(10-3-2-6-17-10)7-12(11)18-8-13(14)15/h2-7,13H,8H2,1H3. The molecule has 0 bridgehead atoms. The van der Waals surface area contributed by atoms with Gasteiger partial charge in [0.2, 0.25) is 0 Å². The Morgan fingerprint density at radius 1 is 1.22 bits per heavy atom. The molecule has 0 saturated carbocycles. The molecule has 18 heavy (non-hydrogen) atoms. The Hall–Kier alpha value is -2.04. The molecule has 0 unspecified atom stereocenters. The lowest BCUT2D eigenvalue weighted by Crippen LogP contribution is -2.07. The van der Waals surface area contributed by atoms with Crippen LogP contribution in [0.5, 0.6) is 11.5 Å². The lowest BCUT2D eigenvalue weighted by molar-refractivity contribution is 0.0804. The van der Waals surface area contributed by atoms with Crippen molar-refractivity contribution in [2.75, 3.05) is 13.7 Å². The van der Waals surface area contributed by atoms with Gasteiger partial charge in [0.15, 0.2) is 11.5 Å². The third kappa shape index (κ3) is 2.80. The first-order chi connectivity index (χ1) is 8.70. The summed E-state index contributed by atoms with van der Waals surface area (Å²) < 4.78 is 39.6. The van der Waals surface area contributed by atoms with Crippen LogP contribution in [-0.2, 0) is 0 Å². The molecule has 3 nitrogen and oxygen atoms in total. The number of benzene rings is 1. The fourth-order valence-electron chi connectivity index (χ4n) is 1.54. The molecule has 0 amide bonds. The normalized spacial score (nSPS) is 10.7. The van der Waals surface area contributed by atoms with E-state index in [1.807, 2.05) is 0 Å². The third-order valence-corrected chi connectivity index (χ3v) is 2.33. The fraction of sp³-hybridized carbons (Fsp3) is 0.231. The molecule has 0 atom stereocenters. The molecule has 96 valence electrons. The van der Waals surface area contributed by atoms with E-state index in [-0.39, 0.29) is 5.75 Å². The Kier molecular flexibility index (Phi) is 3.82. The van der Waals surface area contributed by atoms with Crippen molar-refractivity contribution in [1.82, 2.24) is 0 Å². The highest BCUT2D eigenvalue weighted by atomic mass is 19.3. The zero-order chi connectivity index (χ0) is 13.0. The molecule has 0 N–H and O–H groups in total. The molecular formula is C13H12F2O3. The number of methoxy groups -OCH3 is 1. The highest BCUT2D eigenvalue weighted by Gasteiger charge is 2.11. The van der Waals surface area contributed by atoms with Crippen molar-refractivity contribution < 1.29 is 22.7 Å². The highest BCUT2D eigenvalue weighted by Crippen LogP contribution is 2.32. The van der Waals surface area contributed by atoms with Crippen LogP contribution >= 0.6 is 0 Å². The van der Waals surface area contributed by atoms with Crippen molar-refractivity contribution in [1.29, 1.82) is 0 Å². The van der Waals surface area contributed by atoms with Gasteiger partial charge in [-0.25, -0.2) is 8.78 Å². The number of furan rings is 1. The average molecular weight is 254 g/mol. The summed E-state index contributed by atoms with van der Waals surface area (Å²) >= 11 is 0. The molecule has 2 rings (SSSR count). The van der Waals surface area contributed by atoms with Gasteiger partial charge in [-0.3, -0.25) is 0 Å². The molecule has 1 heterocycles. The number of rotatable bonds is 5. The molecule has 0 aliphatic heterocycles. The second kappa shape index (κ2) is 5.53. The summed E-state index contributed by atoms with van der Waals surface area (Å²) in [4.78, 5) is 0. The lowest BCUT2D eigenvalue weighted by Gasteiger charge is -2.11. The van der Waals surface area contributed by atoms with E-state index in [2.05, 4.69) is 0 Å². The molecule has 0 spiro atoms. The molecule has 5 heteroatoms. The van der Waals surface area contributed by atoms with Crippen LogP contribution in [0.4, 0.5) is 8.78 Å². The Bertz CT molecular complexity index is 495. The van der Waals surface area contributed by atoms with Gasteiger partial charge in [-0.15, -0.1) is 0 Å². The summed E-state index contributed by atoms with van der Waals surface area (Å²) in [5.74, 6) is 1.32.